The predicted octanol–water partition coefficient (Wildman–Crippen LogP) is 5.46. The van der Waals surface area contributed by atoms with E-state index in [4.69, 9.17) is 11.6 Å². The molecule has 1 atom stereocenters. The Morgan fingerprint density at radius 3 is 2.77 bits per heavy atom. The van der Waals surface area contributed by atoms with Crippen LogP contribution >= 0.6 is 11.6 Å². The fourth-order valence-electron chi connectivity index (χ4n) is 4.51. The molecular weight excluding hydrogens is 413 g/mol. The zero-order chi connectivity index (χ0) is 21.4. The molecule has 0 saturated carbocycles. The third-order valence-corrected chi connectivity index (χ3v) is 6.28. The van der Waals surface area contributed by atoms with Gasteiger partial charge in [-0.3, -0.25) is 9.78 Å². The number of para-hydroxylation sites is 1. The van der Waals surface area contributed by atoms with Gasteiger partial charge < -0.3 is 9.88 Å². The van der Waals surface area contributed by atoms with Crippen molar-refractivity contribution in [1.82, 2.24) is 14.9 Å². The van der Waals surface area contributed by atoms with Gasteiger partial charge in [-0.25, -0.2) is 4.39 Å². The van der Waals surface area contributed by atoms with E-state index in [-0.39, 0.29) is 5.91 Å². The smallest absolute Gasteiger partial charge is 0.223 e. The Morgan fingerprint density at radius 2 is 1.97 bits per heavy atom. The molecule has 6 heteroatoms. The van der Waals surface area contributed by atoms with Crippen molar-refractivity contribution in [3.8, 4) is 0 Å². The first-order valence-corrected chi connectivity index (χ1v) is 10.7. The number of halogens is 2. The predicted molar refractivity (Wildman–Crippen MR) is 120 cm³/mol. The molecule has 31 heavy (non-hydrogen) atoms. The van der Waals surface area contributed by atoms with Gasteiger partial charge in [0.1, 0.15) is 11.9 Å². The van der Waals surface area contributed by atoms with E-state index in [1.165, 1.54) is 6.07 Å². The van der Waals surface area contributed by atoms with Gasteiger partial charge in [0.2, 0.25) is 5.91 Å². The van der Waals surface area contributed by atoms with Crippen LogP contribution in [-0.4, -0.2) is 27.3 Å². The molecule has 0 fully saturated rings. The van der Waals surface area contributed by atoms with E-state index < -0.39 is 11.9 Å². The van der Waals surface area contributed by atoms with Crippen LogP contribution in [0.4, 0.5) is 4.39 Å². The van der Waals surface area contributed by atoms with Gasteiger partial charge in [-0.15, -0.1) is 0 Å². The maximum absolute atomic E-state index is 15.0. The Labute approximate surface area is 184 Å². The largest absolute Gasteiger partial charge is 0.356 e. The van der Waals surface area contributed by atoms with E-state index in [0.29, 0.717) is 36.4 Å². The number of rotatable bonds is 4. The number of hydrogen-bond donors (Lipinski definition) is 1. The zero-order valence-corrected chi connectivity index (χ0v) is 17.6. The monoisotopic (exact) mass is 433 g/mol. The number of nitrogens with zero attached hydrogens (tertiary/aromatic N) is 2. The zero-order valence-electron chi connectivity index (χ0n) is 16.8. The Bertz CT molecular complexity index is 1230. The molecule has 0 radical (unpaired) electrons. The molecule has 4 aromatic rings. The molecular formula is C25H21ClFN3O. The minimum absolute atomic E-state index is 0.0423. The number of hydrogen-bond acceptors (Lipinski definition) is 2. The minimum Gasteiger partial charge on any atom is -0.356 e. The Hall–Kier alpha value is -3.18. The summed E-state index contributed by atoms with van der Waals surface area (Å²) in [6.07, 6.45) is 3.26. The van der Waals surface area contributed by atoms with E-state index in [2.05, 4.69) is 16.0 Å². The van der Waals surface area contributed by atoms with Gasteiger partial charge in [0, 0.05) is 52.0 Å². The number of pyridine rings is 1. The lowest BCUT2D eigenvalue weighted by Gasteiger charge is -2.37. The van der Waals surface area contributed by atoms with Gasteiger partial charge in [0.25, 0.3) is 0 Å². The summed E-state index contributed by atoms with van der Waals surface area (Å²) < 4.78 is 15.0. The number of aromatic amines is 1. The first-order chi connectivity index (χ1) is 15.1. The lowest BCUT2D eigenvalue weighted by atomic mass is 9.91. The number of amides is 1. The summed E-state index contributed by atoms with van der Waals surface area (Å²) in [5, 5.41) is 1.43. The van der Waals surface area contributed by atoms with Crippen LogP contribution in [0.5, 0.6) is 0 Å². The number of fused-ring (bicyclic) bond motifs is 3. The molecule has 1 aliphatic rings. The number of nitrogens with one attached hydrogen (secondary N) is 1. The number of aromatic nitrogens is 2. The highest BCUT2D eigenvalue weighted by molar-refractivity contribution is 6.31. The van der Waals surface area contributed by atoms with Crippen molar-refractivity contribution in [1.29, 1.82) is 0 Å². The number of aryl methyl sites for hydroxylation is 1. The summed E-state index contributed by atoms with van der Waals surface area (Å²) in [7, 11) is 0. The van der Waals surface area contributed by atoms with Crippen molar-refractivity contribution in [2.75, 3.05) is 6.54 Å². The topological polar surface area (TPSA) is 49.0 Å². The van der Waals surface area contributed by atoms with Gasteiger partial charge >= 0.3 is 0 Å². The van der Waals surface area contributed by atoms with Crippen LogP contribution in [0, 0.1) is 5.82 Å². The van der Waals surface area contributed by atoms with Gasteiger partial charge in [-0.1, -0.05) is 41.9 Å². The molecule has 0 aliphatic carbocycles. The van der Waals surface area contributed by atoms with Crippen molar-refractivity contribution in [3.05, 3.63) is 100 Å². The molecule has 156 valence electrons. The van der Waals surface area contributed by atoms with Crippen LogP contribution in [0.1, 0.15) is 35.0 Å². The normalized spacial score (nSPS) is 15.8. The standard InChI is InChI=1S/C25H21ClFN3O/c26-19-8-5-9-20(27)23(19)25-24-18(17-7-1-2-10-21(17)29-24)13-15-30(25)22(31)12-11-16-6-3-4-14-28-16/h1-10,14,25,29H,11-13,15H2. The number of H-pyrrole nitrogens is 1. The van der Waals surface area contributed by atoms with Crippen LogP contribution in [-0.2, 0) is 17.6 Å². The Morgan fingerprint density at radius 1 is 1.13 bits per heavy atom. The lowest BCUT2D eigenvalue weighted by Crippen LogP contribution is -2.41. The maximum atomic E-state index is 15.0. The number of carbonyl (C=O) groups is 1. The molecule has 1 unspecified atom stereocenters. The third-order valence-electron chi connectivity index (χ3n) is 5.95. The molecule has 2 aromatic carbocycles. The highest BCUT2D eigenvalue weighted by atomic mass is 35.5. The highest BCUT2D eigenvalue weighted by Crippen LogP contribution is 2.41. The second-order valence-electron chi connectivity index (χ2n) is 7.76. The lowest BCUT2D eigenvalue weighted by molar-refractivity contribution is -0.133. The van der Waals surface area contributed by atoms with Crippen LogP contribution in [0.25, 0.3) is 10.9 Å². The van der Waals surface area contributed by atoms with Crippen LogP contribution in [0.2, 0.25) is 5.02 Å². The second-order valence-corrected chi connectivity index (χ2v) is 8.17. The SMILES string of the molecule is O=C(CCc1ccccn1)N1CCc2c([nH]c3ccccc23)C1c1c(F)cccc1Cl. The quantitative estimate of drug-likeness (QED) is 0.464. The van der Waals surface area contributed by atoms with Gasteiger partial charge in [-0.2, -0.15) is 0 Å². The molecule has 3 heterocycles. The van der Waals surface area contributed by atoms with E-state index in [1.807, 2.05) is 36.4 Å². The van der Waals surface area contributed by atoms with Gasteiger partial charge in [-0.05, 0) is 48.7 Å². The molecule has 0 spiro atoms. The molecule has 4 nitrogen and oxygen atoms in total. The summed E-state index contributed by atoms with van der Waals surface area (Å²) in [5.41, 5.74) is 4.13. The Balaban J connectivity index is 1.57. The van der Waals surface area contributed by atoms with Crippen LogP contribution < -0.4 is 0 Å². The summed E-state index contributed by atoms with van der Waals surface area (Å²) in [6, 6.07) is 17.7. The van der Waals surface area contributed by atoms with Crippen molar-refractivity contribution < 1.29 is 9.18 Å². The molecule has 1 aliphatic heterocycles. The Kier molecular flexibility index (Phi) is 5.20. The third kappa shape index (κ3) is 3.59. The molecule has 5 rings (SSSR count). The molecule has 1 amide bonds. The first-order valence-electron chi connectivity index (χ1n) is 10.4. The van der Waals surface area contributed by atoms with Crippen molar-refractivity contribution in [3.63, 3.8) is 0 Å². The number of carbonyl (C=O) groups excluding carboxylic acids is 1. The summed E-state index contributed by atoms with van der Waals surface area (Å²) in [4.78, 5) is 22.8. The average Bonchev–Trinajstić information content (AvgIpc) is 3.17. The maximum Gasteiger partial charge on any atom is 0.223 e. The molecule has 1 N–H and O–H groups in total. The summed E-state index contributed by atoms with van der Waals surface area (Å²) in [5.74, 6) is -0.453. The van der Waals surface area contributed by atoms with Crippen molar-refractivity contribution in [2.45, 2.75) is 25.3 Å². The molecule has 2 aromatic heterocycles. The second kappa shape index (κ2) is 8.16. The molecule has 0 saturated heterocycles. The van der Waals surface area contributed by atoms with E-state index in [0.717, 1.165) is 27.9 Å². The highest BCUT2D eigenvalue weighted by Gasteiger charge is 2.36. The van der Waals surface area contributed by atoms with Crippen molar-refractivity contribution in [2.24, 2.45) is 0 Å². The fraction of sp³-hybridized carbons (Fsp3) is 0.200. The summed E-state index contributed by atoms with van der Waals surface area (Å²) >= 11 is 6.47. The fourth-order valence-corrected chi connectivity index (χ4v) is 4.77. The van der Waals surface area contributed by atoms with Gasteiger partial charge in [0.15, 0.2) is 0 Å². The van der Waals surface area contributed by atoms with Gasteiger partial charge in [0.05, 0.1) is 0 Å². The average molecular weight is 434 g/mol. The summed E-state index contributed by atoms with van der Waals surface area (Å²) in [6.45, 7) is 0.505. The van der Waals surface area contributed by atoms with E-state index in [1.54, 1.807) is 23.2 Å². The molecule has 0 bridgehead atoms. The van der Waals surface area contributed by atoms with Crippen molar-refractivity contribution >= 4 is 28.4 Å². The number of benzene rings is 2. The van der Waals surface area contributed by atoms with E-state index >= 15 is 4.39 Å². The minimum atomic E-state index is -0.596. The first kappa shape index (κ1) is 19.8. The van der Waals surface area contributed by atoms with Crippen LogP contribution in [0.3, 0.4) is 0 Å². The van der Waals surface area contributed by atoms with Crippen LogP contribution in [0.15, 0.2) is 66.9 Å². The van der Waals surface area contributed by atoms with E-state index in [9.17, 15) is 4.79 Å².